The standard InChI is InChI=1S/C21H19FN4O2S/c1-3-26-13-23-20-17(12-24-25-21(20)26)14-9-10-18(22)16(11-14)15-7-5-6-8-19(15)29(27,28)4-2/h5-13H,3-4H2,1-2H3. The third-order valence-electron chi connectivity index (χ3n) is 4.91. The number of hydrogen-bond donors (Lipinski definition) is 0. The second kappa shape index (κ2) is 7.36. The molecule has 29 heavy (non-hydrogen) atoms. The van der Waals surface area contributed by atoms with Crippen LogP contribution < -0.4 is 0 Å². The first-order chi connectivity index (χ1) is 14.0. The molecule has 0 bridgehead atoms. The van der Waals surface area contributed by atoms with Gasteiger partial charge in [-0.2, -0.15) is 5.10 Å². The minimum Gasteiger partial charge on any atom is -0.314 e. The summed E-state index contributed by atoms with van der Waals surface area (Å²) in [6.45, 7) is 4.25. The molecule has 0 spiro atoms. The minimum atomic E-state index is -3.51. The molecule has 0 amide bonds. The molecular formula is C21H19FN4O2S. The van der Waals surface area contributed by atoms with Crippen molar-refractivity contribution in [2.24, 2.45) is 0 Å². The normalized spacial score (nSPS) is 11.8. The van der Waals surface area contributed by atoms with Gasteiger partial charge in [-0.3, -0.25) is 0 Å². The Bertz CT molecular complexity index is 1320. The summed E-state index contributed by atoms with van der Waals surface area (Å²) in [5.74, 6) is -0.556. The number of fused-ring (bicyclic) bond motifs is 1. The maximum atomic E-state index is 14.8. The molecule has 4 rings (SSSR count). The highest BCUT2D eigenvalue weighted by atomic mass is 32.2. The maximum absolute atomic E-state index is 14.8. The Morgan fingerprint density at radius 1 is 1.03 bits per heavy atom. The quantitative estimate of drug-likeness (QED) is 0.495. The van der Waals surface area contributed by atoms with Gasteiger partial charge in [-0.1, -0.05) is 31.2 Å². The van der Waals surface area contributed by atoms with E-state index in [9.17, 15) is 12.8 Å². The summed E-state index contributed by atoms with van der Waals surface area (Å²) in [4.78, 5) is 4.55. The van der Waals surface area contributed by atoms with Crippen molar-refractivity contribution in [3.05, 3.63) is 60.8 Å². The van der Waals surface area contributed by atoms with Crippen LogP contribution in [0.15, 0.2) is 59.9 Å². The number of aromatic nitrogens is 4. The lowest BCUT2D eigenvalue weighted by Crippen LogP contribution is -2.06. The van der Waals surface area contributed by atoms with E-state index in [0.29, 0.717) is 34.4 Å². The summed E-state index contributed by atoms with van der Waals surface area (Å²) >= 11 is 0. The Morgan fingerprint density at radius 3 is 2.59 bits per heavy atom. The highest BCUT2D eigenvalue weighted by Gasteiger charge is 2.20. The number of rotatable bonds is 5. The predicted molar refractivity (Wildman–Crippen MR) is 110 cm³/mol. The van der Waals surface area contributed by atoms with Crippen molar-refractivity contribution in [3.8, 4) is 22.3 Å². The van der Waals surface area contributed by atoms with Crippen molar-refractivity contribution >= 4 is 21.0 Å². The van der Waals surface area contributed by atoms with Gasteiger partial charge in [-0.05, 0) is 30.7 Å². The van der Waals surface area contributed by atoms with E-state index in [4.69, 9.17) is 0 Å². The van der Waals surface area contributed by atoms with E-state index >= 15 is 0 Å². The van der Waals surface area contributed by atoms with Crippen LogP contribution in [0.4, 0.5) is 4.39 Å². The molecule has 0 radical (unpaired) electrons. The van der Waals surface area contributed by atoms with Crippen molar-refractivity contribution < 1.29 is 12.8 Å². The molecule has 0 atom stereocenters. The number of aryl methyl sites for hydroxylation is 1. The first kappa shape index (κ1) is 19.2. The molecule has 0 aliphatic rings. The summed E-state index contributed by atoms with van der Waals surface area (Å²) in [6.07, 6.45) is 3.28. The molecule has 0 unspecified atom stereocenters. The Balaban J connectivity index is 1.94. The van der Waals surface area contributed by atoms with Crippen LogP contribution in [-0.2, 0) is 16.4 Å². The molecule has 0 aliphatic carbocycles. The maximum Gasteiger partial charge on any atom is 0.183 e. The lowest BCUT2D eigenvalue weighted by molar-refractivity contribution is 0.597. The second-order valence-corrected chi connectivity index (χ2v) is 8.80. The number of nitrogens with zero attached hydrogens (tertiary/aromatic N) is 4. The smallest absolute Gasteiger partial charge is 0.183 e. The van der Waals surface area contributed by atoms with Gasteiger partial charge in [0.2, 0.25) is 0 Å². The first-order valence-electron chi connectivity index (χ1n) is 9.25. The third-order valence-corrected chi connectivity index (χ3v) is 6.70. The minimum absolute atomic E-state index is 0.0608. The molecule has 2 aromatic heterocycles. The van der Waals surface area contributed by atoms with E-state index in [-0.39, 0.29) is 16.2 Å². The number of hydrogen-bond acceptors (Lipinski definition) is 5. The van der Waals surface area contributed by atoms with E-state index in [0.717, 1.165) is 0 Å². The van der Waals surface area contributed by atoms with E-state index in [1.54, 1.807) is 49.8 Å². The zero-order chi connectivity index (χ0) is 20.6. The molecule has 0 saturated heterocycles. The summed E-state index contributed by atoms with van der Waals surface area (Å²) in [6, 6.07) is 11.1. The molecule has 0 fully saturated rings. The van der Waals surface area contributed by atoms with Gasteiger partial charge in [0, 0.05) is 23.2 Å². The van der Waals surface area contributed by atoms with Gasteiger partial charge in [0.25, 0.3) is 0 Å². The van der Waals surface area contributed by atoms with Gasteiger partial charge in [-0.15, -0.1) is 5.10 Å². The largest absolute Gasteiger partial charge is 0.314 e. The topological polar surface area (TPSA) is 77.7 Å². The van der Waals surface area contributed by atoms with E-state index in [1.165, 1.54) is 12.1 Å². The van der Waals surface area contributed by atoms with Crippen molar-refractivity contribution in [1.29, 1.82) is 0 Å². The molecule has 4 aromatic rings. The van der Waals surface area contributed by atoms with Gasteiger partial charge in [0.1, 0.15) is 11.3 Å². The Morgan fingerprint density at radius 2 is 1.83 bits per heavy atom. The molecule has 148 valence electrons. The lowest BCUT2D eigenvalue weighted by Gasteiger charge is -2.12. The van der Waals surface area contributed by atoms with E-state index < -0.39 is 15.7 Å². The van der Waals surface area contributed by atoms with Crippen LogP contribution in [-0.4, -0.2) is 33.9 Å². The number of imidazole rings is 1. The zero-order valence-electron chi connectivity index (χ0n) is 16.0. The average molecular weight is 410 g/mol. The Hall–Kier alpha value is -3.13. The molecular weight excluding hydrogens is 391 g/mol. The number of halogens is 1. The zero-order valence-corrected chi connectivity index (χ0v) is 16.8. The third kappa shape index (κ3) is 3.29. The van der Waals surface area contributed by atoms with E-state index in [2.05, 4.69) is 15.2 Å². The lowest BCUT2D eigenvalue weighted by atomic mass is 9.99. The molecule has 8 heteroatoms. The van der Waals surface area contributed by atoms with Crippen molar-refractivity contribution in [2.75, 3.05) is 5.75 Å². The highest BCUT2D eigenvalue weighted by Crippen LogP contribution is 2.34. The predicted octanol–water partition coefficient (Wildman–Crippen LogP) is 4.11. The molecule has 0 aliphatic heterocycles. The fourth-order valence-electron chi connectivity index (χ4n) is 3.33. The number of benzene rings is 2. The monoisotopic (exact) mass is 410 g/mol. The van der Waals surface area contributed by atoms with Gasteiger partial charge >= 0.3 is 0 Å². The van der Waals surface area contributed by atoms with Crippen molar-refractivity contribution in [1.82, 2.24) is 19.7 Å². The molecule has 0 N–H and O–H groups in total. The SMILES string of the molecule is CCn1cnc2c(-c3ccc(F)c(-c4ccccc4S(=O)(=O)CC)c3)cnnc21. The molecule has 0 saturated carbocycles. The van der Waals surface area contributed by atoms with Crippen LogP contribution in [0, 0.1) is 5.82 Å². The van der Waals surface area contributed by atoms with Crippen LogP contribution in [0.3, 0.4) is 0 Å². The van der Waals surface area contributed by atoms with Crippen LogP contribution in [0.1, 0.15) is 13.8 Å². The first-order valence-corrected chi connectivity index (χ1v) is 10.9. The summed E-state index contributed by atoms with van der Waals surface area (Å²) in [5, 5.41) is 8.22. The van der Waals surface area contributed by atoms with Crippen molar-refractivity contribution in [3.63, 3.8) is 0 Å². The van der Waals surface area contributed by atoms with E-state index in [1.807, 2.05) is 11.5 Å². The van der Waals surface area contributed by atoms with Gasteiger partial charge in [0.05, 0.1) is 23.2 Å². The summed E-state index contributed by atoms with van der Waals surface area (Å²) < 4.78 is 41.7. The van der Waals surface area contributed by atoms with Crippen LogP contribution in [0.25, 0.3) is 33.4 Å². The second-order valence-electron chi connectivity index (χ2n) is 6.56. The molecule has 2 aromatic carbocycles. The summed E-state index contributed by atoms with van der Waals surface area (Å²) in [7, 11) is -3.51. The van der Waals surface area contributed by atoms with Crippen molar-refractivity contribution in [2.45, 2.75) is 25.3 Å². The molecule has 2 heterocycles. The van der Waals surface area contributed by atoms with Crippen LogP contribution in [0.2, 0.25) is 0 Å². The van der Waals surface area contributed by atoms with Gasteiger partial charge in [-0.25, -0.2) is 17.8 Å². The van der Waals surface area contributed by atoms with Gasteiger partial charge in [0.15, 0.2) is 15.5 Å². The molecule has 6 nitrogen and oxygen atoms in total. The van der Waals surface area contributed by atoms with Crippen LogP contribution in [0.5, 0.6) is 0 Å². The number of sulfone groups is 1. The average Bonchev–Trinajstić information content (AvgIpc) is 3.17. The Kier molecular flexibility index (Phi) is 4.87. The fraction of sp³-hybridized carbons (Fsp3) is 0.190. The van der Waals surface area contributed by atoms with Crippen LogP contribution >= 0.6 is 0 Å². The highest BCUT2D eigenvalue weighted by molar-refractivity contribution is 7.91. The van der Waals surface area contributed by atoms with Gasteiger partial charge < -0.3 is 4.57 Å². The fourth-order valence-corrected chi connectivity index (χ4v) is 4.44. The summed E-state index contributed by atoms with van der Waals surface area (Å²) in [5.41, 5.74) is 3.25. The Labute approximate surface area is 168 Å².